The number of aliphatic hydroxyl groups is 2. The molecule has 2 aromatic rings. The molecular formula is C20H32ClN6O9PS. The summed E-state index contributed by atoms with van der Waals surface area (Å²) in [5.74, 6) is 0.485. The molecule has 1 unspecified atom stereocenters. The van der Waals surface area contributed by atoms with Gasteiger partial charge < -0.3 is 34.8 Å². The van der Waals surface area contributed by atoms with Gasteiger partial charge in [0.05, 0.1) is 31.0 Å². The number of hydrogen-bond donors (Lipinski definition) is 5. The van der Waals surface area contributed by atoms with E-state index in [0.29, 0.717) is 11.2 Å². The predicted octanol–water partition coefficient (Wildman–Crippen LogP) is 0.255. The van der Waals surface area contributed by atoms with Crippen molar-refractivity contribution < 1.29 is 42.5 Å². The first-order valence-corrected chi connectivity index (χ1v) is 15.7. The summed E-state index contributed by atoms with van der Waals surface area (Å²) in [6, 6.07) is 0.231. The minimum atomic E-state index is -5.01. The maximum atomic E-state index is 12.2. The van der Waals surface area contributed by atoms with Gasteiger partial charge in [0.2, 0.25) is 15.3 Å². The Kier molecular flexibility index (Phi) is 8.42. The SMILES string of the molecule is CN(CC(C)(OC[C@H]1O[C@@H](n2ncc3c(NC4CCCC4)nc(Cl)nc32)[C@H](O)[C@@H]1O)P(=O)(O)O)S(C)(=O)=O. The number of nitrogens with one attached hydrogen (secondary N) is 1. The standard InChI is InChI=1S/C20H32ClN6O9PS/c1-20(37(30,31)32,10-26(2)38(3,33)34)35-9-13-14(28)15(29)18(36-13)27-17-12(8-22-27)16(24-19(21)25-17)23-11-6-4-5-7-11/h8,11,13-15,18,28-29H,4-7,9-10H2,1-3H3,(H,23,24,25)(H2,30,31,32)/t13-,14-,15-,18-,20?/m1/s1. The minimum absolute atomic E-state index is 0.0555. The van der Waals surface area contributed by atoms with Gasteiger partial charge in [-0.25, -0.2) is 17.4 Å². The van der Waals surface area contributed by atoms with E-state index in [4.69, 9.17) is 21.1 Å². The minimum Gasteiger partial charge on any atom is -0.387 e. The smallest absolute Gasteiger partial charge is 0.358 e. The van der Waals surface area contributed by atoms with Crippen molar-refractivity contribution in [2.45, 2.75) is 68.5 Å². The van der Waals surface area contributed by atoms with E-state index in [1.54, 1.807) is 0 Å². The number of sulfonamides is 1. The van der Waals surface area contributed by atoms with Gasteiger partial charge in [0, 0.05) is 13.1 Å². The third-order valence-electron chi connectivity index (χ3n) is 6.96. The lowest BCUT2D eigenvalue weighted by atomic mass is 10.1. The summed E-state index contributed by atoms with van der Waals surface area (Å²) in [5.41, 5.74) is 0.248. The van der Waals surface area contributed by atoms with E-state index in [1.165, 1.54) is 10.9 Å². The molecule has 0 radical (unpaired) electrons. The van der Waals surface area contributed by atoms with Gasteiger partial charge in [-0.05, 0) is 31.4 Å². The monoisotopic (exact) mass is 598 g/mol. The van der Waals surface area contributed by atoms with Gasteiger partial charge in [0.1, 0.15) is 24.1 Å². The third kappa shape index (κ3) is 5.99. The Morgan fingerprint density at radius 2 is 1.95 bits per heavy atom. The Labute approximate surface area is 224 Å². The molecule has 0 spiro atoms. The number of rotatable bonds is 10. The van der Waals surface area contributed by atoms with Crippen LogP contribution in [0.25, 0.3) is 11.0 Å². The number of aliphatic hydroxyl groups excluding tert-OH is 2. The van der Waals surface area contributed by atoms with Crippen LogP contribution >= 0.6 is 19.2 Å². The lowest BCUT2D eigenvalue weighted by Crippen LogP contribution is -2.45. The molecule has 0 bridgehead atoms. The fourth-order valence-electron chi connectivity index (χ4n) is 4.54. The largest absolute Gasteiger partial charge is 0.387 e. The zero-order chi connectivity index (χ0) is 28.0. The summed E-state index contributed by atoms with van der Waals surface area (Å²) < 4.78 is 49.1. The Morgan fingerprint density at radius 3 is 2.55 bits per heavy atom. The summed E-state index contributed by atoms with van der Waals surface area (Å²) in [6.07, 6.45) is 1.05. The van der Waals surface area contributed by atoms with Crippen molar-refractivity contribution in [3.05, 3.63) is 11.5 Å². The zero-order valence-electron chi connectivity index (χ0n) is 21.0. The fourth-order valence-corrected chi connectivity index (χ4v) is 5.92. The van der Waals surface area contributed by atoms with Crippen LogP contribution in [0.5, 0.6) is 0 Å². The highest BCUT2D eigenvalue weighted by atomic mass is 35.5. The molecule has 3 heterocycles. The van der Waals surface area contributed by atoms with E-state index >= 15 is 0 Å². The number of likely N-dealkylation sites (N-methyl/N-ethyl adjacent to an activating group) is 1. The maximum Gasteiger partial charge on any atom is 0.358 e. The molecule has 4 rings (SSSR count). The van der Waals surface area contributed by atoms with Gasteiger partial charge in [-0.2, -0.15) is 15.1 Å². The second-order valence-corrected chi connectivity index (χ2v) is 14.4. The first-order chi connectivity index (χ1) is 17.6. The topological polar surface area (TPSA) is 209 Å². The molecule has 5 atom stereocenters. The average Bonchev–Trinajstić information content (AvgIpc) is 3.52. The van der Waals surface area contributed by atoms with E-state index in [-0.39, 0.29) is 17.0 Å². The van der Waals surface area contributed by atoms with E-state index in [9.17, 15) is 33.0 Å². The van der Waals surface area contributed by atoms with Crippen LogP contribution in [0.3, 0.4) is 0 Å². The third-order valence-corrected chi connectivity index (χ3v) is 9.89. The van der Waals surface area contributed by atoms with Crippen LogP contribution in [0.1, 0.15) is 38.8 Å². The first kappa shape index (κ1) is 29.5. The lowest BCUT2D eigenvalue weighted by molar-refractivity contribution is -0.0961. The maximum absolute atomic E-state index is 12.2. The van der Waals surface area contributed by atoms with Gasteiger partial charge in [-0.1, -0.05) is 12.8 Å². The molecule has 1 saturated heterocycles. The molecular weight excluding hydrogens is 567 g/mol. The van der Waals surface area contributed by atoms with Crippen molar-refractivity contribution in [3.8, 4) is 0 Å². The average molecular weight is 599 g/mol. The first-order valence-electron chi connectivity index (χ1n) is 11.9. The number of halogens is 1. The van der Waals surface area contributed by atoms with Crippen LogP contribution in [-0.4, -0.2) is 109 Å². The number of nitrogens with zero attached hydrogens (tertiary/aromatic N) is 5. The Balaban J connectivity index is 1.54. The van der Waals surface area contributed by atoms with Crippen molar-refractivity contribution in [3.63, 3.8) is 0 Å². The van der Waals surface area contributed by atoms with Crippen molar-refractivity contribution in [2.75, 3.05) is 31.8 Å². The molecule has 0 aromatic carbocycles. The molecule has 5 N–H and O–H groups in total. The summed E-state index contributed by atoms with van der Waals surface area (Å²) in [4.78, 5) is 28.3. The number of hydrogen-bond acceptors (Lipinski definition) is 11. The van der Waals surface area contributed by atoms with Crippen LogP contribution in [0, 0.1) is 0 Å². The van der Waals surface area contributed by atoms with Crippen LogP contribution in [0.15, 0.2) is 6.20 Å². The number of fused-ring (bicyclic) bond motifs is 1. The molecule has 1 aliphatic carbocycles. The van der Waals surface area contributed by atoms with Gasteiger partial charge >= 0.3 is 7.60 Å². The molecule has 1 aliphatic heterocycles. The Hall–Kier alpha value is -1.46. The van der Waals surface area contributed by atoms with Gasteiger partial charge in [-0.15, -0.1) is 0 Å². The molecule has 0 amide bonds. The molecule has 214 valence electrons. The molecule has 2 fully saturated rings. The van der Waals surface area contributed by atoms with Crippen LogP contribution in [0.2, 0.25) is 5.28 Å². The normalized spacial score (nSPS) is 26.9. The highest BCUT2D eigenvalue weighted by Gasteiger charge is 2.50. The number of anilines is 1. The quantitative estimate of drug-likeness (QED) is 0.184. The number of ether oxygens (including phenoxy) is 2. The van der Waals surface area contributed by atoms with E-state index in [2.05, 4.69) is 20.4 Å². The highest BCUT2D eigenvalue weighted by molar-refractivity contribution is 7.88. The Bertz CT molecular complexity index is 1320. The lowest BCUT2D eigenvalue weighted by Gasteiger charge is -2.34. The predicted molar refractivity (Wildman–Crippen MR) is 136 cm³/mol. The molecule has 2 aromatic heterocycles. The van der Waals surface area contributed by atoms with Gasteiger partial charge in [0.25, 0.3) is 0 Å². The summed E-state index contributed by atoms with van der Waals surface area (Å²) in [7, 11) is -7.63. The molecule has 1 saturated carbocycles. The molecule has 2 aliphatic rings. The van der Waals surface area contributed by atoms with E-state index in [1.807, 2.05) is 0 Å². The summed E-state index contributed by atoms with van der Waals surface area (Å²) in [6.45, 7) is -0.179. The second-order valence-electron chi connectivity index (χ2n) is 9.89. The summed E-state index contributed by atoms with van der Waals surface area (Å²) in [5, 5.41) is 27.2. The highest BCUT2D eigenvalue weighted by Crippen LogP contribution is 2.52. The zero-order valence-corrected chi connectivity index (χ0v) is 23.5. The van der Waals surface area contributed by atoms with E-state index in [0.717, 1.165) is 50.2 Å². The fraction of sp³-hybridized carbons (Fsp3) is 0.750. The van der Waals surface area contributed by atoms with Crippen molar-refractivity contribution in [1.82, 2.24) is 24.1 Å². The van der Waals surface area contributed by atoms with Crippen molar-refractivity contribution >= 4 is 46.1 Å². The Morgan fingerprint density at radius 1 is 1.29 bits per heavy atom. The van der Waals surface area contributed by atoms with Crippen LogP contribution in [0.4, 0.5) is 5.82 Å². The molecule has 15 nitrogen and oxygen atoms in total. The molecule has 38 heavy (non-hydrogen) atoms. The van der Waals surface area contributed by atoms with E-state index < -0.39 is 60.7 Å². The second kappa shape index (κ2) is 10.8. The van der Waals surface area contributed by atoms with Crippen LogP contribution in [-0.2, 0) is 24.1 Å². The molecule has 18 heteroatoms. The summed E-state index contributed by atoms with van der Waals surface area (Å²) >= 11 is 6.16. The number of aromatic nitrogens is 4. The van der Waals surface area contributed by atoms with Crippen molar-refractivity contribution in [1.29, 1.82) is 0 Å². The van der Waals surface area contributed by atoms with Gasteiger partial charge in [-0.3, -0.25) is 4.57 Å². The van der Waals surface area contributed by atoms with Crippen molar-refractivity contribution in [2.24, 2.45) is 0 Å². The van der Waals surface area contributed by atoms with Gasteiger partial charge in [0.15, 0.2) is 17.2 Å². The van der Waals surface area contributed by atoms with Crippen LogP contribution < -0.4 is 5.32 Å².